The minimum absolute atomic E-state index is 0.0469. The van der Waals surface area contributed by atoms with Gasteiger partial charge in [0.1, 0.15) is 6.10 Å². The third-order valence-electron chi connectivity index (χ3n) is 3.55. The molecule has 0 saturated carbocycles. The highest BCUT2D eigenvalue weighted by molar-refractivity contribution is 9.10. The molecule has 1 aromatic carbocycles. The van der Waals surface area contributed by atoms with Gasteiger partial charge >= 0.3 is 6.01 Å². The predicted octanol–water partition coefficient (Wildman–Crippen LogP) is 2.92. The second kappa shape index (κ2) is 6.87. The van der Waals surface area contributed by atoms with E-state index in [1.165, 1.54) is 0 Å². The molecule has 1 aromatic heterocycles. The molecule has 1 unspecified atom stereocenters. The van der Waals surface area contributed by atoms with Crippen LogP contribution in [0.25, 0.3) is 0 Å². The highest BCUT2D eigenvalue weighted by Crippen LogP contribution is 2.18. The van der Waals surface area contributed by atoms with Crippen molar-refractivity contribution >= 4 is 21.8 Å². The van der Waals surface area contributed by atoms with Crippen LogP contribution in [0.1, 0.15) is 23.2 Å². The van der Waals surface area contributed by atoms with Crippen molar-refractivity contribution in [1.29, 1.82) is 0 Å². The molecule has 1 amide bonds. The first-order valence-electron chi connectivity index (χ1n) is 7.21. The van der Waals surface area contributed by atoms with Crippen LogP contribution in [0, 0.1) is 0 Å². The molecule has 2 aromatic rings. The first kappa shape index (κ1) is 15.0. The maximum Gasteiger partial charge on any atom is 0.316 e. The van der Waals surface area contributed by atoms with Gasteiger partial charge in [0.25, 0.3) is 5.91 Å². The van der Waals surface area contributed by atoms with Gasteiger partial charge in [0.05, 0.1) is 11.0 Å². The van der Waals surface area contributed by atoms with E-state index in [2.05, 4.69) is 25.9 Å². The van der Waals surface area contributed by atoms with Gasteiger partial charge in [-0.25, -0.2) is 9.97 Å². The number of likely N-dealkylation sites (tertiary alicyclic amines) is 1. The molecule has 1 saturated heterocycles. The number of benzene rings is 1. The van der Waals surface area contributed by atoms with Gasteiger partial charge in [-0.15, -0.1) is 0 Å². The van der Waals surface area contributed by atoms with E-state index < -0.39 is 0 Å². The zero-order chi connectivity index (χ0) is 15.4. The average Bonchev–Trinajstić information content (AvgIpc) is 2.57. The minimum Gasteiger partial charge on any atom is -0.458 e. The first-order valence-corrected chi connectivity index (χ1v) is 8.00. The fourth-order valence-electron chi connectivity index (χ4n) is 2.49. The number of ether oxygens (including phenoxy) is 1. The van der Waals surface area contributed by atoms with Crippen molar-refractivity contribution in [3.63, 3.8) is 0 Å². The molecule has 2 heterocycles. The van der Waals surface area contributed by atoms with Crippen LogP contribution in [0.3, 0.4) is 0 Å². The van der Waals surface area contributed by atoms with E-state index in [9.17, 15) is 4.79 Å². The fraction of sp³-hybridized carbons (Fsp3) is 0.312. The van der Waals surface area contributed by atoms with Crippen molar-refractivity contribution in [1.82, 2.24) is 14.9 Å². The summed E-state index contributed by atoms with van der Waals surface area (Å²) in [7, 11) is 0. The molecule has 6 heteroatoms. The molecule has 3 rings (SSSR count). The van der Waals surface area contributed by atoms with Gasteiger partial charge in [-0.2, -0.15) is 0 Å². The van der Waals surface area contributed by atoms with Crippen molar-refractivity contribution in [3.8, 4) is 6.01 Å². The van der Waals surface area contributed by atoms with Gasteiger partial charge in [-0.05, 0) is 40.9 Å². The summed E-state index contributed by atoms with van der Waals surface area (Å²) in [5.74, 6) is 0.0469. The number of carbonyl (C=O) groups excluding carboxylic acids is 1. The summed E-state index contributed by atoms with van der Waals surface area (Å²) >= 11 is 3.29. The van der Waals surface area contributed by atoms with E-state index in [0.29, 0.717) is 18.1 Å². The molecule has 1 aliphatic rings. The Hall–Kier alpha value is -1.95. The van der Waals surface area contributed by atoms with Gasteiger partial charge in [0.2, 0.25) is 0 Å². The van der Waals surface area contributed by atoms with Gasteiger partial charge in [-0.3, -0.25) is 4.79 Å². The summed E-state index contributed by atoms with van der Waals surface area (Å²) in [5.41, 5.74) is 0.711. The van der Waals surface area contributed by atoms with Crippen molar-refractivity contribution in [2.75, 3.05) is 13.1 Å². The fourth-order valence-corrected chi connectivity index (χ4v) is 2.70. The smallest absolute Gasteiger partial charge is 0.316 e. The second-order valence-corrected chi connectivity index (χ2v) is 6.10. The molecule has 0 aliphatic carbocycles. The monoisotopic (exact) mass is 361 g/mol. The van der Waals surface area contributed by atoms with E-state index in [1.54, 1.807) is 12.4 Å². The van der Waals surface area contributed by atoms with Crippen molar-refractivity contribution in [2.24, 2.45) is 0 Å². The van der Waals surface area contributed by atoms with Crippen molar-refractivity contribution in [3.05, 3.63) is 52.8 Å². The molecular formula is C16H16BrN3O2. The van der Waals surface area contributed by atoms with Crippen LogP contribution < -0.4 is 4.74 Å². The van der Waals surface area contributed by atoms with E-state index in [4.69, 9.17) is 4.74 Å². The Balaban J connectivity index is 1.64. The molecule has 1 atom stereocenters. The predicted molar refractivity (Wildman–Crippen MR) is 85.7 cm³/mol. The number of aromatic nitrogens is 2. The Labute approximate surface area is 137 Å². The lowest BCUT2D eigenvalue weighted by molar-refractivity contribution is 0.0515. The average molecular weight is 362 g/mol. The lowest BCUT2D eigenvalue weighted by Crippen LogP contribution is -2.44. The lowest BCUT2D eigenvalue weighted by atomic mass is 10.1. The molecule has 0 radical (unpaired) electrons. The zero-order valence-corrected chi connectivity index (χ0v) is 13.6. The number of rotatable bonds is 3. The number of nitrogens with zero attached hydrogens (tertiary/aromatic N) is 3. The molecule has 0 N–H and O–H groups in total. The maximum absolute atomic E-state index is 12.5. The lowest BCUT2D eigenvalue weighted by Gasteiger charge is -2.32. The number of amides is 1. The SMILES string of the molecule is O=C(c1ccccc1)N1CCCC(Oc2ncc(Br)cn2)C1. The van der Waals surface area contributed by atoms with E-state index in [-0.39, 0.29) is 12.0 Å². The van der Waals surface area contributed by atoms with Gasteiger partial charge < -0.3 is 9.64 Å². The Bertz CT molecular complexity index is 634. The van der Waals surface area contributed by atoms with Crippen LogP contribution in [-0.4, -0.2) is 40.0 Å². The van der Waals surface area contributed by atoms with Crippen LogP contribution in [0.2, 0.25) is 0 Å². The third-order valence-corrected chi connectivity index (χ3v) is 3.96. The van der Waals surface area contributed by atoms with Crippen LogP contribution in [0.15, 0.2) is 47.2 Å². The Morgan fingerprint density at radius 1 is 1.23 bits per heavy atom. The second-order valence-electron chi connectivity index (χ2n) is 5.18. The Morgan fingerprint density at radius 3 is 2.68 bits per heavy atom. The summed E-state index contributed by atoms with van der Waals surface area (Å²) in [6.45, 7) is 1.32. The standard InChI is InChI=1S/C16H16BrN3O2/c17-13-9-18-16(19-10-13)22-14-7-4-8-20(11-14)15(21)12-5-2-1-3-6-12/h1-3,5-6,9-10,14H,4,7-8,11H2. The molecule has 5 nitrogen and oxygen atoms in total. The van der Waals surface area contributed by atoms with Gasteiger partial charge in [0, 0.05) is 24.5 Å². The highest BCUT2D eigenvalue weighted by Gasteiger charge is 2.26. The molecule has 114 valence electrons. The van der Waals surface area contributed by atoms with Gasteiger partial charge in [-0.1, -0.05) is 18.2 Å². The van der Waals surface area contributed by atoms with E-state index >= 15 is 0 Å². The normalized spacial score (nSPS) is 18.0. The first-order chi connectivity index (χ1) is 10.7. The van der Waals surface area contributed by atoms with Gasteiger partial charge in [0.15, 0.2) is 0 Å². The van der Waals surface area contributed by atoms with Crippen LogP contribution >= 0.6 is 15.9 Å². The number of halogens is 1. The van der Waals surface area contributed by atoms with Crippen LogP contribution in [-0.2, 0) is 0 Å². The van der Waals surface area contributed by atoms with Crippen molar-refractivity contribution < 1.29 is 9.53 Å². The highest BCUT2D eigenvalue weighted by atomic mass is 79.9. The number of carbonyl (C=O) groups is 1. The summed E-state index contributed by atoms with van der Waals surface area (Å²) in [4.78, 5) is 22.5. The minimum atomic E-state index is -0.0670. The third kappa shape index (κ3) is 3.62. The van der Waals surface area contributed by atoms with Crippen LogP contribution in [0.5, 0.6) is 6.01 Å². The summed E-state index contributed by atoms with van der Waals surface area (Å²) in [6.07, 6.45) is 5.05. The van der Waals surface area contributed by atoms with Crippen molar-refractivity contribution in [2.45, 2.75) is 18.9 Å². The maximum atomic E-state index is 12.5. The van der Waals surface area contributed by atoms with Crippen LogP contribution in [0.4, 0.5) is 0 Å². The molecular weight excluding hydrogens is 346 g/mol. The number of hydrogen-bond donors (Lipinski definition) is 0. The molecule has 1 fully saturated rings. The molecule has 0 spiro atoms. The summed E-state index contributed by atoms with van der Waals surface area (Å²) in [5, 5.41) is 0. The summed E-state index contributed by atoms with van der Waals surface area (Å²) < 4.78 is 6.60. The summed E-state index contributed by atoms with van der Waals surface area (Å²) in [6, 6.07) is 9.68. The molecule has 0 bridgehead atoms. The number of hydrogen-bond acceptors (Lipinski definition) is 4. The number of piperidine rings is 1. The topological polar surface area (TPSA) is 55.3 Å². The Morgan fingerprint density at radius 2 is 1.95 bits per heavy atom. The quantitative estimate of drug-likeness (QED) is 0.843. The largest absolute Gasteiger partial charge is 0.458 e. The zero-order valence-electron chi connectivity index (χ0n) is 12.0. The molecule has 1 aliphatic heterocycles. The molecule has 22 heavy (non-hydrogen) atoms. The Kier molecular flexibility index (Phi) is 4.68. The van der Waals surface area contributed by atoms with E-state index in [0.717, 1.165) is 23.9 Å². The van der Waals surface area contributed by atoms with E-state index in [1.807, 2.05) is 35.2 Å².